The molecule has 1 aromatic carbocycles. The lowest BCUT2D eigenvalue weighted by atomic mass is 9.86. The van der Waals surface area contributed by atoms with Crippen LogP contribution in [0.1, 0.15) is 36.8 Å². The molecule has 0 amide bonds. The first kappa shape index (κ1) is 21.3. The summed E-state index contributed by atoms with van der Waals surface area (Å²) >= 11 is 0. The van der Waals surface area contributed by atoms with Gasteiger partial charge in [0.15, 0.2) is 5.03 Å². The number of benzene rings is 1. The largest absolute Gasteiger partial charge is 0.354 e. The minimum atomic E-state index is -3.57. The van der Waals surface area contributed by atoms with E-state index in [4.69, 9.17) is 0 Å². The van der Waals surface area contributed by atoms with E-state index >= 15 is 0 Å². The molecule has 0 aliphatic carbocycles. The lowest BCUT2D eigenvalue weighted by Gasteiger charge is -2.34. The van der Waals surface area contributed by atoms with E-state index in [1.807, 2.05) is 12.1 Å². The Morgan fingerprint density at radius 1 is 0.933 bits per heavy atom. The maximum atomic E-state index is 13.3. The van der Waals surface area contributed by atoms with E-state index in [9.17, 15) is 8.42 Å². The van der Waals surface area contributed by atoms with Crippen LogP contribution in [0.25, 0.3) is 0 Å². The molecule has 1 aromatic heterocycles. The normalized spacial score (nSPS) is 19.9. The standard InChI is InChI=1S/C23H32N4O2S/c1-3-19-7-4-5-8-21(19)20-11-13-27(14-12-20)30(28,29)23-10-6-9-22(24-23)26-17-15-25(2)16-18-26/h4-10,20H,3,11-18H2,1-2H3. The van der Waals surface area contributed by atoms with Crippen molar-refractivity contribution < 1.29 is 8.42 Å². The molecule has 0 atom stereocenters. The van der Waals surface area contributed by atoms with Gasteiger partial charge in [-0.3, -0.25) is 0 Å². The third kappa shape index (κ3) is 4.38. The van der Waals surface area contributed by atoms with E-state index < -0.39 is 10.0 Å². The highest BCUT2D eigenvalue weighted by Gasteiger charge is 2.32. The van der Waals surface area contributed by atoms with Crippen molar-refractivity contribution in [2.45, 2.75) is 37.1 Å². The molecule has 0 radical (unpaired) electrons. The molecule has 0 unspecified atom stereocenters. The number of sulfonamides is 1. The average Bonchev–Trinajstić information content (AvgIpc) is 2.79. The summed E-state index contributed by atoms with van der Waals surface area (Å²) in [4.78, 5) is 9.00. The third-order valence-electron chi connectivity index (χ3n) is 6.47. The molecule has 0 spiro atoms. The maximum absolute atomic E-state index is 13.3. The molecule has 2 aliphatic rings. The van der Waals surface area contributed by atoms with Crippen LogP contribution in [0.3, 0.4) is 0 Å². The van der Waals surface area contributed by atoms with E-state index in [2.05, 4.69) is 53.0 Å². The summed E-state index contributed by atoms with van der Waals surface area (Å²) in [5.74, 6) is 1.19. The molecule has 0 saturated carbocycles. The number of nitrogens with zero attached hydrogens (tertiary/aromatic N) is 4. The van der Waals surface area contributed by atoms with E-state index in [0.29, 0.717) is 19.0 Å². The van der Waals surface area contributed by atoms with Gasteiger partial charge in [0.05, 0.1) is 0 Å². The van der Waals surface area contributed by atoms with Gasteiger partial charge in [-0.15, -0.1) is 0 Å². The summed E-state index contributed by atoms with van der Waals surface area (Å²) in [7, 11) is -1.46. The predicted molar refractivity (Wildman–Crippen MR) is 121 cm³/mol. The van der Waals surface area contributed by atoms with Gasteiger partial charge in [-0.05, 0) is 55.5 Å². The maximum Gasteiger partial charge on any atom is 0.260 e. The summed E-state index contributed by atoms with van der Waals surface area (Å²) in [5, 5.41) is 0.173. The lowest BCUT2D eigenvalue weighted by Crippen LogP contribution is -2.45. The Labute approximate surface area is 180 Å². The highest BCUT2D eigenvalue weighted by Crippen LogP contribution is 2.32. The summed E-state index contributed by atoms with van der Waals surface area (Å²) in [6.07, 6.45) is 2.72. The molecule has 3 heterocycles. The molecule has 30 heavy (non-hydrogen) atoms. The monoisotopic (exact) mass is 428 g/mol. The number of likely N-dealkylation sites (N-methyl/N-ethyl adjacent to an activating group) is 1. The van der Waals surface area contributed by atoms with Gasteiger partial charge >= 0.3 is 0 Å². The van der Waals surface area contributed by atoms with Gasteiger partial charge in [0.2, 0.25) is 0 Å². The number of hydrogen-bond donors (Lipinski definition) is 0. The van der Waals surface area contributed by atoms with E-state index in [-0.39, 0.29) is 5.03 Å². The van der Waals surface area contributed by atoms with Crippen molar-refractivity contribution in [2.75, 3.05) is 51.2 Å². The zero-order valence-corrected chi connectivity index (χ0v) is 18.8. The fourth-order valence-electron chi connectivity index (χ4n) is 4.55. The van der Waals surface area contributed by atoms with Gasteiger partial charge in [-0.2, -0.15) is 4.31 Å². The predicted octanol–water partition coefficient (Wildman–Crippen LogP) is 2.96. The Balaban J connectivity index is 1.46. The fraction of sp³-hybridized carbons (Fsp3) is 0.522. The number of piperazine rings is 1. The molecule has 2 saturated heterocycles. The highest BCUT2D eigenvalue weighted by atomic mass is 32.2. The number of aryl methyl sites for hydroxylation is 1. The van der Waals surface area contributed by atoms with Gasteiger partial charge in [0, 0.05) is 39.3 Å². The van der Waals surface area contributed by atoms with Crippen molar-refractivity contribution in [2.24, 2.45) is 0 Å². The van der Waals surface area contributed by atoms with E-state index in [1.54, 1.807) is 10.4 Å². The summed E-state index contributed by atoms with van der Waals surface area (Å²) in [6.45, 7) is 6.94. The first-order valence-electron chi connectivity index (χ1n) is 11.0. The molecule has 2 aromatic rings. The molecular formula is C23H32N4O2S. The van der Waals surface area contributed by atoms with Gasteiger partial charge in [0.1, 0.15) is 5.82 Å². The van der Waals surface area contributed by atoms with E-state index in [0.717, 1.165) is 51.3 Å². The zero-order chi connectivity index (χ0) is 21.1. The Morgan fingerprint density at radius 3 is 2.33 bits per heavy atom. The van der Waals surface area contributed by atoms with Crippen molar-refractivity contribution in [1.29, 1.82) is 0 Å². The Kier molecular flexibility index (Phi) is 6.41. The molecule has 6 nitrogen and oxygen atoms in total. The van der Waals surface area contributed by atoms with Gasteiger partial charge in [-0.25, -0.2) is 13.4 Å². The van der Waals surface area contributed by atoms with Crippen LogP contribution in [0.5, 0.6) is 0 Å². The minimum absolute atomic E-state index is 0.173. The molecular weight excluding hydrogens is 396 g/mol. The van der Waals surface area contributed by atoms with Crippen molar-refractivity contribution in [3.63, 3.8) is 0 Å². The topological polar surface area (TPSA) is 56.8 Å². The first-order chi connectivity index (χ1) is 14.5. The SMILES string of the molecule is CCc1ccccc1C1CCN(S(=O)(=O)c2cccc(N3CCN(C)CC3)n2)CC1. The Hall–Kier alpha value is -1.96. The quantitative estimate of drug-likeness (QED) is 0.733. The minimum Gasteiger partial charge on any atom is -0.354 e. The first-order valence-corrected chi connectivity index (χ1v) is 12.4. The van der Waals surface area contributed by atoms with Crippen molar-refractivity contribution in [3.05, 3.63) is 53.6 Å². The van der Waals surface area contributed by atoms with Crippen LogP contribution in [0.4, 0.5) is 5.82 Å². The van der Waals surface area contributed by atoms with Crippen molar-refractivity contribution >= 4 is 15.8 Å². The summed E-state index contributed by atoms with van der Waals surface area (Å²) < 4.78 is 28.2. The van der Waals surface area contributed by atoms with Gasteiger partial charge in [-0.1, -0.05) is 37.3 Å². The second-order valence-corrected chi connectivity index (χ2v) is 10.2. The van der Waals surface area contributed by atoms with Crippen LogP contribution in [0, 0.1) is 0 Å². The van der Waals surface area contributed by atoms with Crippen molar-refractivity contribution in [1.82, 2.24) is 14.2 Å². The van der Waals surface area contributed by atoms with Crippen molar-refractivity contribution in [3.8, 4) is 0 Å². The number of anilines is 1. The Morgan fingerprint density at radius 2 is 1.63 bits per heavy atom. The van der Waals surface area contributed by atoms with Crippen LogP contribution in [0.15, 0.2) is 47.5 Å². The molecule has 0 bridgehead atoms. The van der Waals surface area contributed by atoms with Gasteiger partial charge < -0.3 is 9.80 Å². The summed E-state index contributed by atoms with van der Waals surface area (Å²) in [5.41, 5.74) is 2.76. The van der Waals surface area contributed by atoms with Crippen LogP contribution < -0.4 is 4.90 Å². The second-order valence-electron chi connectivity index (χ2n) is 8.36. The Bertz CT molecular complexity index is 963. The average molecular weight is 429 g/mol. The van der Waals surface area contributed by atoms with Crippen LogP contribution in [0.2, 0.25) is 0 Å². The summed E-state index contributed by atoms with van der Waals surface area (Å²) in [6, 6.07) is 13.9. The number of aromatic nitrogens is 1. The van der Waals surface area contributed by atoms with E-state index in [1.165, 1.54) is 11.1 Å². The number of piperidine rings is 1. The molecule has 4 rings (SSSR count). The second kappa shape index (κ2) is 9.04. The van der Waals surface area contributed by atoms with Crippen LogP contribution in [-0.4, -0.2) is 68.9 Å². The molecule has 162 valence electrons. The molecule has 7 heteroatoms. The number of pyridine rings is 1. The molecule has 2 fully saturated rings. The third-order valence-corrected chi connectivity index (χ3v) is 8.27. The lowest BCUT2D eigenvalue weighted by molar-refractivity contribution is 0.311. The number of hydrogen-bond acceptors (Lipinski definition) is 5. The number of rotatable bonds is 5. The zero-order valence-electron chi connectivity index (χ0n) is 18.0. The molecule has 0 N–H and O–H groups in total. The van der Waals surface area contributed by atoms with Gasteiger partial charge in [0.25, 0.3) is 10.0 Å². The van der Waals surface area contributed by atoms with Crippen LogP contribution >= 0.6 is 0 Å². The van der Waals surface area contributed by atoms with Crippen LogP contribution in [-0.2, 0) is 16.4 Å². The molecule has 2 aliphatic heterocycles. The fourth-order valence-corrected chi connectivity index (χ4v) is 5.97. The highest BCUT2D eigenvalue weighted by molar-refractivity contribution is 7.89. The smallest absolute Gasteiger partial charge is 0.260 e.